The Morgan fingerprint density at radius 2 is 1.90 bits per heavy atom. The molecule has 0 spiro atoms. The minimum atomic E-state index is -0.868. The Balaban J connectivity index is 2.17. The number of rotatable bonds is 4. The second-order valence-corrected chi connectivity index (χ2v) is 5.69. The van der Waals surface area contributed by atoms with Crippen LogP contribution in [0.4, 0.5) is 5.69 Å². The number of aliphatic carboxylic acids is 1. The highest BCUT2D eigenvalue weighted by Gasteiger charge is 2.36. The van der Waals surface area contributed by atoms with Gasteiger partial charge in [-0.25, -0.2) is 0 Å². The highest BCUT2D eigenvalue weighted by atomic mass is 16.4. The summed E-state index contributed by atoms with van der Waals surface area (Å²) in [5.74, 6) is -2.07. The van der Waals surface area contributed by atoms with E-state index in [0.29, 0.717) is 12.8 Å². The number of nitrogens with zero attached hydrogens (tertiary/aromatic N) is 2. The highest BCUT2D eigenvalue weighted by Crippen LogP contribution is 2.32. The monoisotopic (exact) mass is 293 g/mol. The van der Waals surface area contributed by atoms with Crippen molar-refractivity contribution in [2.45, 2.75) is 53.0 Å². The van der Waals surface area contributed by atoms with Gasteiger partial charge in [0.05, 0.1) is 28.9 Å². The molecule has 116 valence electrons. The van der Waals surface area contributed by atoms with Crippen LogP contribution in [0.5, 0.6) is 0 Å². The number of amides is 1. The number of nitrogens with one attached hydrogen (secondary N) is 1. The third-order valence-electron chi connectivity index (χ3n) is 4.35. The first-order valence-electron chi connectivity index (χ1n) is 7.53. The van der Waals surface area contributed by atoms with Crippen molar-refractivity contribution in [2.75, 3.05) is 5.32 Å². The van der Waals surface area contributed by atoms with Crippen LogP contribution < -0.4 is 5.32 Å². The first-order valence-corrected chi connectivity index (χ1v) is 7.53. The molecule has 0 radical (unpaired) electrons. The summed E-state index contributed by atoms with van der Waals surface area (Å²) in [6.07, 6.45) is 3.02. The number of hydrogen-bond acceptors (Lipinski definition) is 3. The second-order valence-electron chi connectivity index (χ2n) is 5.69. The van der Waals surface area contributed by atoms with Crippen molar-refractivity contribution in [2.24, 2.45) is 11.8 Å². The number of anilines is 1. The molecular formula is C15H23N3O3. The van der Waals surface area contributed by atoms with Crippen LogP contribution in [0.1, 0.15) is 44.0 Å². The fraction of sp³-hybridized carbons (Fsp3) is 0.667. The standard InChI is InChI=1S/C15H23N3O3/c1-4-18-10(3)13(9(2)17-18)16-14(19)11-7-5-6-8-12(11)15(20)21/h11-12H,4-8H2,1-3H3,(H,16,19)(H,20,21)/t11-,12+/m1/s1. The molecule has 0 aromatic carbocycles. The van der Waals surface area contributed by atoms with Crippen molar-refractivity contribution in [3.8, 4) is 0 Å². The molecule has 6 nitrogen and oxygen atoms in total. The Bertz CT molecular complexity index is 551. The van der Waals surface area contributed by atoms with Gasteiger partial charge in [0.1, 0.15) is 0 Å². The summed E-state index contributed by atoms with van der Waals surface area (Å²) in [4.78, 5) is 23.8. The number of aromatic nitrogens is 2. The molecule has 1 aliphatic rings. The topological polar surface area (TPSA) is 84.2 Å². The molecule has 1 aliphatic carbocycles. The lowest BCUT2D eigenvalue weighted by Gasteiger charge is -2.27. The van der Waals surface area contributed by atoms with E-state index in [9.17, 15) is 14.7 Å². The lowest BCUT2D eigenvalue weighted by Crippen LogP contribution is -2.36. The molecule has 0 bridgehead atoms. The van der Waals surface area contributed by atoms with Gasteiger partial charge in [-0.15, -0.1) is 0 Å². The summed E-state index contributed by atoms with van der Waals surface area (Å²) >= 11 is 0. The molecule has 1 saturated carbocycles. The van der Waals surface area contributed by atoms with E-state index in [4.69, 9.17) is 0 Å². The van der Waals surface area contributed by atoms with Crippen LogP contribution in [0.25, 0.3) is 0 Å². The van der Waals surface area contributed by atoms with E-state index in [1.54, 1.807) is 0 Å². The second kappa shape index (κ2) is 6.28. The normalized spacial score (nSPS) is 22.0. The Labute approximate surface area is 124 Å². The van der Waals surface area contributed by atoms with Gasteiger partial charge in [0.15, 0.2) is 0 Å². The van der Waals surface area contributed by atoms with Gasteiger partial charge in [0, 0.05) is 6.54 Å². The zero-order valence-electron chi connectivity index (χ0n) is 12.8. The first kappa shape index (κ1) is 15.5. The van der Waals surface area contributed by atoms with Crippen molar-refractivity contribution in [3.63, 3.8) is 0 Å². The predicted octanol–water partition coefficient (Wildman–Crippen LogP) is 2.35. The molecule has 1 aromatic heterocycles. The zero-order valence-corrected chi connectivity index (χ0v) is 12.8. The van der Waals surface area contributed by atoms with E-state index < -0.39 is 17.8 Å². The van der Waals surface area contributed by atoms with E-state index >= 15 is 0 Å². The molecule has 6 heteroatoms. The van der Waals surface area contributed by atoms with Gasteiger partial charge in [0.2, 0.25) is 5.91 Å². The summed E-state index contributed by atoms with van der Waals surface area (Å²) < 4.78 is 1.83. The summed E-state index contributed by atoms with van der Waals surface area (Å²) in [7, 11) is 0. The van der Waals surface area contributed by atoms with Gasteiger partial charge in [0.25, 0.3) is 0 Å². The Morgan fingerprint density at radius 3 is 2.43 bits per heavy atom. The molecule has 2 rings (SSSR count). The van der Waals surface area contributed by atoms with E-state index in [0.717, 1.165) is 36.5 Å². The summed E-state index contributed by atoms with van der Waals surface area (Å²) in [6.45, 7) is 6.50. The molecule has 1 fully saturated rings. The minimum absolute atomic E-state index is 0.191. The van der Waals surface area contributed by atoms with E-state index in [2.05, 4.69) is 10.4 Å². The highest BCUT2D eigenvalue weighted by molar-refractivity contribution is 5.96. The maximum absolute atomic E-state index is 12.5. The number of carbonyl (C=O) groups excluding carboxylic acids is 1. The van der Waals surface area contributed by atoms with Gasteiger partial charge < -0.3 is 10.4 Å². The molecule has 0 unspecified atom stereocenters. The molecule has 2 N–H and O–H groups in total. The lowest BCUT2D eigenvalue weighted by molar-refractivity contribution is -0.147. The Morgan fingerprint density at radius 1 is 1.29 bits per heavy atom. The quantitative estimate of drug-likeness (QED) is 0.892. The summed E-state index contributed by atoms with van der Waals surface area (Å²) in [5, 5.41) is 16.5. The molecule has 1 aromatic rings. The van der Waals surface area contributed by atoms with E-state index in [1.807, 2.05) is 25.5 Å². The van der Waals surface area contributed by atoms with Crippen LogP contribution in [0, 0.1) is 25.7 Å². The maximum atomic E-state index is 12.5. The van der Waals surface area contributed by atoms with Crippen LogP contribution in [-0.4, -0.2) is 26.8 Å². The number of carboxylic acids is 1. The van der Waals surface area contributed by atoms with Crippen LogP contribution in [-0.2, 0) is 16.1 Å². The molecule has 1 heterocycles. The average molecular weight is 293 g/mol. The maximum Gasteiger partial charge on any atom is 0.307 e. The fourth-order valence-corrected chi connectivity index (χ4v) is 3.14. The summed E-state index contributed by atoms with van der Waals surface area (Å²) in [5.41, 5.74) is 2.40. The first-order chi connectivity index (χ1) is 9.95. The Hall–Kier alpha value is -1.85. The van der Waals surface area contributed by atoms with Crippen molar-refractivity contribution in [1.82, 2.24) is 9.78 Å². The molecule has 21 heavy (non-hydrogen) atoms. The fourth-order valence-electron chi connectivity index (χ4n) is 3.14. The van der Waals surface area contributed by atoms with Crippen LogP contribution in [0.3, 0.4) is 0 Å². The van der Waals surface area contributed by atoms with Crippen molar-refractivity contribution in [3.05, 3.63) is 11.4 Å². The average Bonchev–Trinajstić information content (AvgIpc) is 2.74. The number of aryl methyl sites for hydroxylation is 2. The van der Waals surface area contributed by atoms with Crippen molar-refractivity contribution in [1.29, 1.82) is 0 Å². The van der Waals surface area contributed by atoms with Gasteiger partial charge in [-0.2, -0.15) is 5.10 Å². The Kier molecular flexibility index (Phi) is 4.65. The van der Waals surface area contributed by atoms with Gasteiger partial charge in [-0.1, -0.05) is 12.8 Å². The minimum Gasteiger partial charge on any atom is -0.481 e. The molecule has 1 amide bonds. The number of carbonyl (C=O) groups is 2. The SMILES string of the molecule is CCn1nc(C)c(NC(=O)[C@@H]2CCCC[C@@H]2C(=O)O)c1C. The third kappa shape index (κ3) is 3.09. The molecule has 0 aliphatic heterocycles. The van der Waals surface area contributed by atoms with E-state index in [1.165, 1.54) is 0 Å². The van der Waals surface area contributed by atoms with Crippen LogP contribution >= 0.6 is 0 Å². The number of hydrogen-bond donors (Lipinski definition) is 2. The number of carboxylic acid groups (broad SMARTS) is 1. The van der Waals surface area contributed by atoms with Gasteiger partial charge >= 0.3 is 5.97 Å². The zero-order chi connectivity index (χ0) is 15.6. The van der Waals surface area contributed by atoms with Crippen LogP contribution in [0.2, 0.25) is 0 Å². The smallest absolute Gasteiger partial charge is 0.307 e. The van der Waals surface area contributed by atoms with Crippen LogP contribution in [0.15, 0.2) is 0 Å². The largest absolute Gasteiger partial charge is 0.481 e. The predicted molar refractivity (Wildman–Crippen MR) is 79.1 cm³/mol. The van der Waals surface area contributed by atoms with Crippen molar-refractivity contribution < 1.29 is 14.7 Å². The van der Waals surface area contributed by atoms with Gasteiger partial charge in [-0.05, 0) is 33.6 Å². The third-order valence-corrected chi connectivity index (χ3v) is 4.35. The molecular weight excluding hydrogens is 270 g/mol. The van der Waals surface area contributed by atoms with Gasteiger partial charge in [-0.3, -0.25) is 14.3 Å². The van der Waals surface area contributed by atoms with E-state index in [-0.39, 0.29) is 5.91 Å². The molecule has 2 atom stereocenters. The lowest BCUT2D eigenvalue weighted by atomic mass is 9.78. The summed E-state index contributed by atoms with van der Waals surface area (Å²) in [6, 6.07) is 0. The molecule has 0 saturated heterocycles. The van der Waals surface area contributed by atoms with Crippen molar-refractivity contribution >= 4 is 17.6 Å².